The number of ether oxygens (including phenoxy) is 1. The average molecular weight is 338 g/mol. The van der Waals surface area contributed by atoms with Crippen molar-refractivity contribution >= 4 is 10.9 Å². The summed E-state index contributed by atoms with van der Waals surface area (Å²) in [6.45, 7) is 1.30. The van der Waals surface area contributed by atoms with Crippen molar-refractivity contribution in [2.45, 2.75) is 19.4 Å². The highest BCUT2D eigenvalue weighted by Gasteiger charge is 2.21. The molecule has 2 aromatic carbocycles. The van der Waals surface area contributed by atoms with Crippen LogP contribution in [0.5, 0.6) is 0 Å². The first-order valence-corrected chi connectivity index (χ1v) is 8.44. The third-order valence-corrected chi connectivity index (χ3v) is 4.81. The topological polar surface area (TPSA) is 44.1 Å². The molecule has 5 heteroatoms. The second-order valence-electron chi connectivity index (χ2n) is 6.55. The van der Waals surface area contributed by atoms with Crippen molar-refractivity contribution < 1.29 is 9.13 Å². The number of hydrogen-bond donors (Lipinski definition) is 0. The highest BCUT2D eigenvalue weighted by Crippen LogP contribution is 2.25. The summed E-state index contributed by atoms with van der Waals surface area (Å²) in [5.41, 5.74) is 2.30. The first-order chi connectivity index (χ1) is 12.2. The van der Waals surface area contributed by atoms with Gasteiger partial charge in [-0.1, -0.05) is 18.2 Å². The van der Waals surface area contributed by atoms with Gasteiger partial charge in [-0.25, -0.2) is 9.37 Å². The Balaban J connectivity index is 1.80. The molecular formula is C20H19FN2O2. The first-order valence-electron chi connectivity index (χ1n) is 8.44. The first kappa shape index (κ1) is 16.0. The molecule has 128 valence electrons. The molecule has 4 rings (SSSR count). The maximum atomic E-state index is 13.5. The molecule has 0 radical (unpaired) electrons. The predicted molar refractivity (Wildman–Crippen MR) is 95.1 cm³/mol. The Labute approximate surface area is 144 Å². The van der Waals surface area contributed by atoms with Crippen LogP contribution in [-0.4, -0.2) is 23.3 Å². The van der Waals surface area contributed by atoms with Gasteiger partial charge < -0.3 is 4.74 Å². The predicted octanol–water partition coefficient (Wildman–Crippen LogP) is 3.41. The zero-order valence-electron chi connectivity index (χ0n) is 14.0. The van der Waals surface area contributed by atoms with E-state index in [4.69, 9.17) is 9.72 Å². The van der Waals surface area contributed by atoms with Gasteiger partial charge in [-0.2, -0.15) is 0 Å². The van der Waals surface area contributed by atoms with Crippen LogP contribution in [-0.2, 0) is 17.7 Å². The van der Waals surface area contributed by atoms with Crippen molar-refractivity contribution in [2.24, 2.45) is 5.92 Å². The molecule has 1 aliphatic heterocycles. The molecule has 2 heterocycles. The summed E-state index contributed by atoms with van der Waals surface area (Å²) < 4.78 is 20.5. The fraction of sp³-hybridized carbons (Fsp3) is 0.300. The van der Waals surface area contributed by atoms with E-state index in [-0.39, 0.29) is 11.4 Å². The lowest BCUT2D eigenvalue weighted by Gasteiger charge is -2.25. The summed E-state index contributed by atoms with van der Waals surface area (Å²) in [6.07, 6.45) is 1.73. The maximum absolute atomic E-state index is 13.5. The van der Waals surface area contributed by atoms with Gasteiger partial charge in [0.1, 0.15) is 11.6 Å². The van der Waals surface area contributed by atoms with E-state index in [1.54, 1.807) is 23.8 Å². The Bertz CT molecular complexity index is 997. The molecule has 0 bridgehead atoms. The van der Waals surface area contributed by atoms with Gasteiger partial charge in [0, 0.05) is 26.0 Å². The van der Waals surface area contributed by atoms with E-state index in [2.05, 4.69) is 0 Å². The van der Waals surface area contributed by atoms with Crippen LogP contribution >= 0.6 is 0 Å². The van der Waals surface area contributed by atoms with Crippen LogP contribution in [0, 0.1) is 11.7 Å². The summed E-state index contributed by atoms with van der Waals surface area (Å²) in [5, 5.41) is 0.599. The molecule has 1 atom stereocenters. The number of aryl methyl sites for hydroxylation is 1. The quantitative estimate of drug-likeness (QED) is 0.735. The van der Waals surface area contributed by atoms with Gasteiger partial charge in [0.25, 0.3) is 5.56 Å². The third kappa shape index (κ3) is 2.96. The molecule has 25 heavy (non-hydrogen) atoms. The minimum atomic E-state index is -0.278. The normalized spacial score (nSPS) is 16.8. The molecule has 0 spiro atoms. The number of halogens is 1. The Kier molecular flexibility index (Phi) is 4.09. The molecule has 0 amide bonds. The Morgan fingerprint density at radius 2 is 2.08 bits per heavy atom. The van der Waals surface area contributed by atoms with Gasteiger partial charge in [-0.3, -0.25) is 9.36 Å². The van der Waals surface area contributed by atoms with E-state index >= 15 is 0 Å². The van der Waals surface area contributed by atoms with Crippen LogP contribution in [0.1, 0.15) is 12.2 Å². The van der Waals surface area contributed by atoms with E-state index in [0.29, 0.717) is 30.0 Å². The Morgan fingerprint density at radius 1 is 1.24 bits per heavy atom. The van der Waals surface area contributed by atoms with E-state index in [1.807, 2.05) is 18.2 Å². The number of benzene rings is 2. The highest BCUT2D eigenvalue weighted by molar-refractivity contribution is 5.83. The largest absolute Gasteiger partial charge is 0.384 e. The molecule has 0 fully saturated rings. The number of rotatable bonds is 3. The Morgan fingerprint density at radius 3 is 2.88 bits per heavy atom. The zero-order valence-corrected chi connectivity index (χ0v) is 14.0. The van der Waals surface area contributed by atoms with Gasteiger partial charge >= 0.3 is 0 Å². The number of methoxy groups -OCH3 is 1. The van der Waals surface area contributed by atoms with Crippen molar-refractivity contribution in [1.82, 2.24) is 9.55 Å². The highest BCUT2D eigenvalue weighted by atomic mass is 19.1. The number of hydrogen-bond acceptors (Lipinski definition) is 3. The van der Waals surface area contributed by atoms with Crippen LogP contribution in [0.15, 0.2) is 47.3 Å². The van der Waals surface area contributed by atoms with Crippen molar-refractivity contribution in [3.05, 3.63) is 64.5 Å². The van der Waals surface area contributed by atoms with Crippen LogP contribution in [0.2, 0.25) is 0 Å². The van der Waals surface area contributed by atoms with Crippen LogP contribution in [0.3, 0.4) is 0 Å². The molecule has 1 aromatic heterocycles. The Hall–Kier alpha value is -2.53. The van der Waals surface area contributed by atoms with Gasteiger partial charge in [0.05, 0.1) is 17.5 Å². The molecule has 1 unspecified atom stereocenters. The summed E-state index contributed by atoms with van der Waals surface area (Å²) in [5.74, 6) is 0.891. The van der Waals surface area contributed by atoms with E-state index < -0.39 is 0 Å². The van der Waals surface area contributed by atoms with Crippen LogP contribution in [0.4, 0.5) is 4.39 Å². The lowest BCUT2D eigenvalue weighted by molar-refractivity contribution is 0.130. The molecule has 0 saturated carbocycles. The monoisotopic (exact) mass is 338 g/mol. The summed E-state index contributed by atoms with van der Waals surface area (Å²) in [4.78, 5) is 17.6. The van der Waals surface area contributed by atoms with Crippen molar-refractivity contribution in [2.75, 3.05) is 13.7 Å². The number of fused-ring (bicyclic) bond motifs is 2. The lowest BCUT2D eigenvalue weighted by atomic mass is 9.99. The number of nitrogens with zero attached hydrogens (tertiary/aromatic N) is 2. The smallest absolute Gasteiger partial charge is 0.261 e. The van der Waals surface area contributed by atoms with Gasteiger partial charge in [0.15, 0.2) is 0 Å². The van der Waals surface area contributed by atoms with Crippen molar-refractivity contribution in [1.29, 1.82) is 0 Å². The van der Waals surface area contributed by atoms with E-state index in [0.717, 1.165) is 29.8 Å². The second-order valence-corrected chi connectivity index (χ2v) is 6.55. The molecular weight excluding hydrogens is 319 g/mol. The SMILES string of the molecule is COCC1CCc2nc3cc(-c4cccc(F)c4)ccc3c(=O)n2C1. The van der Waals surface area contributed by atoms with Crippen LogP contribution < -0.4 is 5.56 Å². The fourth-order valence-corrected chi connectivity index (χ4v) is 3.55. The lowest BCUT2D eigenvalue weighted by Crippen LogP contribution is -2.34. The van der Waals surface area contributed by atoms with E-state index in [1.165, 1.54) is 12.1 Å². The summed E-state index contributed by atoms with van der Waals surface area (Å²) in [6, 6.07) is 11.9. The van der Waals surface area contributed by atoms with Crippen molar-refractivity contribution in [3.8, 4) is 11.1 Å². The van der Waals surface area contributed by atoms with E-state index in [9.17, 15) is 9.18 Å². The average Bonchev–Trinajstić information content (AvgIpc) is 2.62. The standard InChI is InChI=1S/C20H19FN2O2/c1-25-12-13-5-8-19-22-18-10-15(14-3-2-4-16(21)9-14)6-7-17(18)20(24)23(19)11-13/h2-4,6-7,9-10,13H,5,8,11-12H2,1H3. The molecule has 1 aliphatic rings. The van der Waals surface area contributed by atoms with Gasteiger partial charge in [0.2, 0.25) is 0 Å². The molecule has 0 N–H and O–H groups in total. The molecule has 3 aromatic rings. The molecule has 0 saturated heterocycles. The minimum absolute atomic E-state index is 0.00778. The molecule has 0 aliphatic carbocycles. The van der Waals surface area contributed by atoms with Crippen molar-refractivity contribution in [3.63, 3.8) is 0 Å². The zero-order chi connectivity index (χ0) is 17.4. The summed E-state index contributed by atoms with van der Waals surface area (Å²) in [7, 11) is 1.69. The second kappa shape index (κ2) is 6.41. The van der Waals surface area contributed by atoms with Gasteiger partial charge in [-0.15, -0.1) is 0 Å². The fourth-order valence-electron chi connectivity index (χ4n) is 3.55. The summed E-state index contributed by atoms with van der Waals surface area (Å²) >= 11 is 0. The minimum Gasteiger partial charge on any atom is -0.384 e. The molecule has 4 nitrogen and oxygen atoms in total. The number of aromatic nitrogens is 2. The van der Waals surface area contributed by atoms with Gasteiger partial charge in [-0.05, 0) is 41.8 Å². The maximum Gasteiger partial charge on any atom is 0.261 e. The third-order valence-electron chi connectivity index (χ3n) is 4.81. The van der Waals surface area contributed by atoms with Crippen LogP contribution in [0.25, 0.3) is 22.0 Å².